The van der Waals surface area contributed by atoms with Crippen molar-refractivity contribution in [1.82, 2.24) is 0 Å². The van der Waals surface area contributed by atoms with E-state index < -0.39 is 0 Å². The molecule has 0 radical (unpaired) electrons. The fraction of sp³-hybridized carbons (Fsp3) is 0.333. The van der Waals surface area contributed by atoms with Gasteiger partial charge in [0.05, 0.1) is 0 Å². The average molecular weight is 137 g/mol. The Bertz CT molecular complexity index is 59.2. The van der Waals surface area contributed by atoms with E-state index in [1.165, 1.54) is 0 Å². The molecule has 1 heteroatoms. The number of hydrogen-bond acceptors (Lipinski definition) is 0. The molecule has 0 rings (SSSR count). The van der Waals surface area contributed by atoms with Crippen LogP contribution in [0.1, 0.15) is 13.8 Å². The van der Waals surface area contributed by atoms with Gasteiger partial charge >= 0.3 is 16.5 Å². The summed E-state index contributed by atoms with van der Waals surface area (Å²) in [5.74, 6) is 4.00. The Kier molecular flexibility index (Phi) is 105. The summed E-state index contributed by atoms with van der Waals surface area (Å²) >= 11 is 0. The molecule has 0 aliphatic heterocycles. The molecule has 7 heavy (non-hydrogen) atoms. The largest absolute Gasteiger partial charge is 2.00 e. The van der Waals surface area contributed by atoms with Crippen molar-refractivity contribution in [3.63, 3.8) is 0 Å². The van der Waals surface area contributed by atoms with Gasteiger partial charge in [-0.2, -0.15) is 0 Å². The monoisotopic (exact) mass is 136 g/mol. The molecule has 0 spiro atoms. The van der Waals surface area contributed by atoms with Crippen LogP contribution in [0.5, 0.6) is 0 Å². The van der Waals surface area contributed by atoms with Crippen LogP contribution in [-0.2, 0) is 16.5 Å². The topological polar surface area (TPSA) is 0 Å². The van der Waals surface area contributed by atoms with Crippen LogP contribution in [-0.4, -0.2) is 0 Å². The average Bonchev–Trinajstić information content (AvgIpc) is 1.39. The molecule has 40 valence electrons. The predicted molar refractivity (Wildman–Crippen MR) is 25.6 cm³/mol. The van der Waals surface area contributed by atoms with Crippen molar-refractivity contribution < 1.29 is 16.5 Å². The molecule has 0 aliphatic carbocycles. The maximum Gasteiger partial charge on any atom is 2.00 e. The predicted octanol–water partition coefficient (Wildman–Crippen LogP) is 1.19. The van der Waals surface area contributed by atoms with Crippen molar-refractivity contribution in [2.75, 3.05) is 0 Å². The van der Waals surface area contributed by atoms with Gasteiger partial charge in [-0.25, -0.2) is 0 Å². The van der Waals surface area contributed by atoms with Crippen LogP contribution in [0.15, 0.2) is 0 Å². The minimum Gasteiger partial charge on any atom is -0.694 e. The zero-order chi connectivity index (χ0) is 5.41. The molecule has 0 aromatic rings. The molecule has 0 unspecified atom stereocenters. The molecule has 0 aromatic carbocycles. The molecule has 0 N–H and O–H groups in total. The van der Waals surface area contributed by atoms with Crippen LogP contribution in [0.25, 0.3) is 0 Å². The third kappa shape index (κ3) is 491. The van der Waals surface area contributed by atoms with E-state index in [1.807, 2.05) is 11.8 Å². The first kappa shape index (κ1) is 16.0. The summed E-state index contributed by atoms with van der Waals surface area (Å²) in [6.07, 6.45) is 11.9. The Hall–Kier alpha value is -0.386. The molecule has 0 amide bonds. The molecule has 0 saturated carbocycles. The van der Waals surface area contributed by atoms with E-state index in [4.69, 9.17) is 12.8 Å². The summed E-state index contributed by atoms with van der Waals surface area (Å²) in [4.78, 5) is 0. The fourth-order valence-electron chi connectivity index (χ4n) is 0. The maximum absolute atomic E-state index is 5.96. The van der Waals surface area contributed by atoms with Gasteiger partial charge < -0.3 is 24.7 Å². The summed E-state index contributed by atoms with van der Waals surface area (Å²) in [6, 6.07) is 0. The summed E-state index contributed by atoms with van der Waals surface area (Å²) < 4.78 is 0. The zero-order valence-corrected chi connectivity index (χ0v) is 5.30. The van der Waals surface area contributed by atoms with Crippen molar-refractivity contribution in [3.05, 3.63) is 12.8 Å². The van der Waals surface area contributed by atoms with E-state index in [-0.39, 0.29) is 16.5 Å². The fourth-order valence-corrected chi connectivity index (χ4v) is 0. The van der Waals surface area contributed by atoms with E-state index in [2.05, 4.69) is 0 Å². The second-order valence-electron chi connectivity index (χ2n) is 0.500. The van der Waals surface area contributed by atoms with Crippen molar-refractivity contribution in [2.45, 2.75) is 13.8 Å². The Morgan fingerprint density at radius 2 is 1.00 bits per heavy atom. The summed E-state index contributed by atoms with van der Waals surface area (Å²) in [6.45, 7) is 3.08. The van der Waals surface area contributed by atoms with Gasteiger partial charge in [-0.05, 0) is 13.8 Å². The smallest absolute Gasteiger partial charge is 0.694 e. The molecule has 0 heterocycles. The Labute approximate surface area is 55.6 Å². The molecule has 0 atom stereocenters. The molecular formula is C6H6Ni. The second-order valence-corrected chi connectivity index (χ2v) is 0.500. The van der Waals surface area contributed by atoms with Crippen molar-refractivity contribution in [2.24, 2.45) is 0 Å². The SMILES string of the molecule is [C-]#CC.[C-]#CC.[Ni+2]. The number of rotatable bonds is 0. The zero-order valence-electron chi connectivity index (χ0n) is 4.32. The van der Waals surface area contributed by atoms with Gasteiger partial charge in [-0.3, -0.25) is 0 Å². The molecule has 0 nitrogen and oxygen atoms in total. The van der Waals surface area contributed by atoms with Crippen molar-refractivity contribution in [1.29, 1.82) is 0 Å². The molecule has 0 saturated heterocycles. The molecule has 0 aromatic heterocycles. The quantitative estimate of drug-likeness (QED) is 0.267. The first-order valence-corrected chi connectivity index (χ1v) is 1.50. The minimum absolute atomic E-state index is 0. The Morgan fingerprint density at radius 1 is 1.00 bits per heavy atom. The van der Waals surface area contributed by atoms with E-state index in [0.29, 0.717) is 0 Å². The summed E-state index contributed by atoms with van der Waals surface area (Å²) in [5.41, 5.74) is 0. The first-order valence-electron chi connectivity index (χ1n) is 1.50. The first-order chi connectivity index (χ1) is 2.83. The van der Waals surface area contributed by atoms with Crippen molar-refractivity contribution in [3.8, 4) is 11.8 Å². The van der Waals surface area contributed by atoms with Gasteiger partial charge in [0.2, 0.25) is 0 Å². The van der Waals surface area contributed by atoms with E-state index in [1.54, 1.807) is 13.8 Å². The summed E-state index contributed by atoms with van der Waals surface area (Å²) in [5, 5.41) is 0. The van der Waals surface area contributed by atoms with Gasteiger partial charge in [0.1, 0.15) is 0 Å². The third-order valence-corrected chi connectivity index (χ3v) is 0. The van der Waals surface area contributed by atoms with Crippen LogP contribution >= 0.6 is 0 Å². The number of hydrogen-bond donors (Lipinski definition) is 0. The normalized spacial score (nSPS) is 2.29. The third-order valence-electron chi connectivity index (χ3n) is 0. The maximum atomic E-state index is 5.96. The van der Waals surface area contributed by atoms with Crippen LogP contribution in [0.3, 0.4) is 0 Å². The molecular weight excluding hydrogens is 131 g/mol. The Morgan fingerprint density at radius 3 is 1.00 bits per heavy atom. The summed E-state index contributed by atoms with van der Waals surface area (Å²) in [7, 11) is 0. The molecule has 0 fully saturated rings. The van der Waals surface area contributed by atoms with E-state index in [9.17, 15) is 0 Å². The van der Waals surface area contributed by atoms with Gasteiger partial charge in [-0.15, -0.1) is 0 Å². The standard InChI is InChI=1S/2C3H3.Ni/c2*1-3-2;/h2*1H3;/q2*-1;+2. The van der Waals surface area contributed by atoms with Gasteiger partial charge in [0, 0.05) is 0 Å². The van der Waals surface area contributed by atoms with Gasteiger partial charge in [0.25, 0.3) is 0 Å². The van der Waals surface area contributed by atoms with Crippen LogP contribution in [0.2, 0.25) is 0 Å². The van der Waals surface area contributed by atoms with E-state index >= 15 is 0 Å². The van der Waals surface area contributed by atoms with Gasteiger partial charge in [0.15, 0.2) is 0 Å². The van der Waals surface area contributed by atoms with Crippen molar-refractivity contribution >= 4 is 0 Å². The van der Waals surface area contributed by atoms with Crippen LogP contribution in [0, 0.1) is 24.7 Å². The minimum atomic E-state index is 0. The second kappa shape index (κ2) is 45.9. The van der Waals surface area contributed by atoms with Gasteiger partial charge in [-0.1, -0.05) is 0 Å². The van der Waals surface area contributed by atoms with E-state index in [0.717, 1.165) is 0 Å². The molecule has 0 aliphatic rings. The Balaban J connectivity index is -0.0000000400. The molecule has 0 bridgehead atoms. The van der Waals surface area contributed by atoms with Crippen LogP contribution < -0.4 is 0 Å². The van der Waals surface area contributed by atoms with Crippen LogP contribution in [0.4, 0.5) is 0 Å².